The van der Waals surface area contributed by atoms with Crippen LogP contribution in [0.15, 0.2) is 36.5 Å². The number of ether oxygens (including phenoxy) is 1. The first-order chi connectivity index (χ1) is 9.60. The van der Waals surface area contributed by atoms with Crippen molar-refractivity contribution in [2.45, 2.75) is 6.61 Å². The molecule has 100 valence electrons. The van der Waals surface area contributed by atoms with E-state index in [1.165, 1.54) is 24.4 Å². The monoisotopic (exact) mass is 288 g/mol. The van der Waals surface area contributed by atoms with Crippen LogP contribution in [0.5, 0.6) is 5.75 Å². The van der Waals surface area contributed by atoms with Gasteiger partial charge in [0.25, 0.3) is 0 Å². The minimum Gasteiger partial charge on any atom is -0.488 e. The third-order valence-electron chi connectivity index (χ3n) is 2.51. The van der Waals surface area contributed by atoms with Gasteiger partial charge in [-0.15, -0.1) is 0 Å². The van der Waals surface area contributed by atoms with Crippen LogP contribution in [0.4, 0.5) is 0 Å². The van der Waals surface area contributed by atoms with Crippen LogP contribution in [-0.4, -0.2) is 16.1 Å². The molecule has 1 aromatic heterocycles. The summed E-state index contributed by atoms with van der Waals surface area (Å²) in [4.78, 5) is 14.9. The molecule has 0 saturated heterocycles. The summed E-state index contributed by atoms with van der Waals surface area (Å²) in [5, 5.41) is 18.2. The molecule has 20 heavy (non-hydrogen) atoms. The van der Waals surface area contributed by atoms with Crippen molar-refractivity contribution in [3.8, 4) is 11.8 Å². The molecule has 1 heterocycles. The summed E-state index contributed by atoms with van der Waals surface area (Å²) in [6.45, 7) is 0.123. The van der Waals surface area contributed by atoms with Crippen LogP contribution in [-0.2, 0) is 6.61 Å². The van der Waals surface area contributed by atoms with E-state index in [0.717, 1.165) is 0 Å². The molecule has 2 rings (SSSR count). The molecule has 0 spiro atoms. The number of benzene rings is 1. The Morgan fingerprint density at radius 3 is 2.90 bits per heavy atom. The molecular formula is C14H9ClN2O3. The molecule has 0 radical (unpaired) electrons. The zero-order valence-electron chi connectivity index (χ0n) is 10.2. The zero-order valence-corrected chi connectivity index (χ0v) is 11.0. The third kappa shape index (κ3) is 3.25. The number of hydrogen-bond acceptors (Lipinski definition) is 4. The number of pyridine rings is 1. The maximum atomic E-state index is 11.1. The molecular weight excluding hydrogens is 280 g/mol. The molecule has 1 aromatic carbocycles. The lowest BCUT2D eigenvalue weighted by molar-refractivity contribution is 0.0692. The van der Waals surface area contributed by atoms with Crippen molar-refractivity contribution in [2.24, 2.45) is 0 Å². The zero-order chi connectivity index (χ0) is 14.5. The number of halogens is 1. The maximum Gasteiger partial charge on any atom is 0.339 e. The van der Waals surface area contributed by atoms with Gasteiger partial charge >= 0.3 is 5.97 Å². The Balaban J connectivity index is 2.20. The highest BCUT2D eigenvalue weighted by Gasteiger charge is 2.12. The molecule has 0 aliphatic carbocycles. The van der Waals surface area contributed by atoms with Crippen LogP contribution in [0.1, 0.15) is 21.6 Å². The average Bonchev–Trinajstić information content (AvgIpc) is 2.45. The third-order valence-corrected chi connectivity index (χ3v) is 2.74. The minimum absolute atomic E-state index is 0.0314. The first-order valence-corrected chi connectivity index (χ1v) is 5.98. The summed E-state index contributed by atoms with van der Waals surface area (Å²) >= 11 is 5.82. The number of aromatic nitrogens is 1. The predicted octanol–water partition coefficient (Wildman–Crippen LogP) is 2.88. The van der Waals surface area contributed by atoms with E-state index < -0.39 is 5.97 Å². The van der Waals surface area contributed by atoms with Gasteiger partial charge in [-0.2, -0.15) is 5.26 Å². The Morgan fingerprint density at radius 2 is 2.20 bits per heavy atom. The Labute approximate surface area is 120 Å². The van der Waals surface area contributed by atoms with Gasteiger partial charge in [-0.25, -0.2) is 9.78 Å². The van der Waals surface area contributed by atoms with Gasteiger partial charge in [0.15, 0.2) is 0 Å². The Morgan fingerprint density at radius 1 is 1.40 bits per heavy atom. The number of carboxylic acid groups (broad SMARTS) is 1. The van der Waals surface area contributed by atoms with E-state index in [4.69, 9.17) is 26.7 Å². The Hall–Kier alpha value is -2.58. The van der Waals surface area contributed by atoms with E-state index in [9.17, 15) is 4.79 Å². The quantitative estimate of drug-likeness (QED) is 0.935. The van der Waals surface area contributed by atoms with Crippen LogP contribution in [0.2, 0.25) is 5.02 Å². The van der Waals surface area contributed by atoms with Crippen molar-refractivity contribution in [3.63, 3.8) is 0 Å². The molecule has 0 fully saturated rings. The van der Waals surface area contributed by atoms with Crippen LogP contribution in [0.3, 0.4) is 0 Å². The van der Waals surface area contributed by atoms with E-state index in [0.29, 0.717) is 10.6 Å². The largest absolute Gasteiger partial charge is 0.488 e. The molecule has 0 bridgehead atoms. The van der Waals surface area contributed by atoms with Gasteiger partial charge in [0, 0.05) is 11.2 Å². The predicted molar refractivity (Wildman–Crippen MR) is 71.7 cm³/mol. The molecule has 6 heteroatoms. The van der Waals surface area contributed by atoms with Gasteiger partial charge in [0.2, 0.25) is 0 Å². The molecule has 0 aliphatic heterocycles. The molecule has 0 unspecified atom stereocenters. The van der Waals surface area contributed by atoms with E-state index in [2.05, 4.69) is 4.98 Å². The number of nitriles is 1. The van der Waals surface area contributed by atoms with Crippen molar-refractivity contribution >= 4 is 17.6 Å². The van der Waals surface area contributed by atoms with E-state index in [1.54, 1.807) is 12.1 Å². The SMILES string of the molecule is N#Cc1cc(COc2cc(Cl)ccc2C(=O)O)ccn1. The fraction of sp³-hybridized carbons (Fsp3) is 0.0714. The Bertz CT molecular complexity index is 695. The van der Waals surface area contributed by atoms with Crippen molar-refractivity contribution in [1.82, 2.24) is 4.98 Å². The topological polar surface area (TPSA) is 83.2 Å². The second-order valence-electron chi connectivity index (χ2n) is 3.90. The summed E-state index contributed by atoms with van der Waals surface area (Å²) in [5.41, 5.74) is 1.02. The smallest absolute Gasteiger partial charge is 0.339 e. The lowest BCUT2D eigenvalue weighted by atomic mass is 10.2. The average molecular weight is 289 g/mol. The highest BCUT2D eigenvalue weighted by Crippen LogP contribution is 2.24. The first-order valence-electron chi connectivity index (χ1n) is 5.61. The van der Waals surface area contributed by atoms with Gasteiger partial charge < -0.3 is 9.84 Å². The Kier molecular flexibility index (Phi) is 4.18. The van der Waals surface area contributed by atoms with E-state index in [-0.39, 0.29) is 23.6 Å². The van der Waals surface area contributed by atoms with Crippen LogP contribution >= 0.6 is 11.6 Å². The van der Waals surface area contributed by atoms with Crippen molar-refractivity contribution in [2.75, 3.05) is 0 Å². The fourth-order valence-corrected chi connectivity index (χ4v) is 1.74. The summed E-state index contributed by atoms with van der Waals surface area (Å²) < 4.78 is 5.46. The van der Waals surface area contributed by atoms with E-state index >= 15 is 0 Å². The lowest BCUT2D eigenvalue weighted by Gasteiger charge is -2.09. The molecule has 0 saturated carbocycles. The molecule has 2 aromatic rings. The van der Waals surface area contributed by atoms with Crippen LogP contribution < -0.4 is 4.74 Å². The summed E-state index contributed by atoms with van der Waals surface area (Å²) in [6.07, 6.45) is 1.49. The maximum absolute atomic E-state index is 11.1. The molecule has 1 N–H and O–H groups in total. The summed E-state index contributed by atoms with van der Waals surface area (Å²) in [6, 6.07) is 9.49. The van der Waals surface area contributed by atoms with Crippen molar-refractivity contribution in [3.05, 3.63) is 58.4 Å². The van der Waals surface area contributed by atoms with Gasteiger partial charge in [-0.1, -0.05) is 11.6 Å². The molecule has 0 amide bonds. The number of rotatable bonds is 4. The lowest BCUT2D eigenvalue weighted by Crippen LogP contribution is -2.03. The normalized spacial score (nSPS) is 9.80. The standard InChI is InChI=1S/C14H9ClN2O3/c15-10-1-2-12(14(18)19)13(6-10)20-8-9-3-4-17-11(5-9)7-16/h1-6H,8H2,(H,18,19). The highest BCUT2D eigenvalue weighted by molar-refractivity contribution is 6.30. The van der Waals surface area contributed by atoms with Gasteiger partial charge in [-0.05, 0) is 35.9 Å². The number of carboxylic acids is 1. The summed E-state index contributed by atoms with van der Waals surface area (Å²) in [7, 11) is 0. The second kappa shape index (κ2) is 6.04. The van der Waals surface area contributed by atoms with E-state index in [1.807, 2.05) is 6.07 Å². The minimum atomic E-state index is -1.09. The van der Waals surface area contributed by atoms with Crippen LogP contribution in [0.25, 0.3) is 0 Å². The van der Waals surface area contributed by atoms with Crippen molar-refractivity contribution in [1.29, 1.82) is 5.26 Å². The summed E-state index contributed by atoms with van der Waals surface area (Å²) in [5.74, 6) is -0.913. The highest BCUT2D eigenvalue weighted by atomic mass is 35.5. The first kappa shape index (κ1) is 13.8. The number of carbonyl (C=O) groups is 1. The van der Waals surface area contributed by atoms with Gasteiger partial charge in [0.1, 0.15) is 29.7 Å². The van der Waals surface area contributed by atoms with Gasteiger partial charge in [-0.3, -0.25) is 0 Å². The fourth-order valence-electron chi connectivity index (χ4n) is 1.58. The van der Waals surface area contributed by atoms with Crippen LogP contribution in [0, 0.1) is 11.3 Å². The number of hydrogen-bond donors (Lipinski definition) is 1. The molecule has 5 nitrogen and oxygen atoms in total. The van der Waals surface area contributed by atoms with Crippen molar-refractivity contribution < 1.29 is 14.6 Å². The molecule has 0 atom stereocenters. The second-order valence-corrected chi connectivity index (χ2v) is 4.33. The van der Waals surface area contributed by atoms with Gasteiger partial charge in [0.05, 0.1) is 0 Å². The number of aromatic carboxylic acids is 1. The number of nitrogens with zero attached hydrogens (tertiary/aromatic N) is 2. The molecule has 0 aliphatic rings.